The Morgan fingerprint density at radius 2 is 1.83 bits per heavy atom. The first-order valence-corrected chi connectivity index (χ1v) is 7.02. The van der Waals surface area contributed by atoms with Crippen LogP contribution < -0.4 is 0 Å². The molecule has 18 heavy (non-hydrogen) atoms. The summed E-state index contributed by atoms with van der Waals surface area (Å²) in [6.07, 6.45) is 0. The Labute approximate surface area is 112 Å². The number of piperazine rings is 1. The minimum atomic E-state index is 0.196. The average molecular weight is 266 g/mol. The molecule has 0 bridgehead atoms. The highest BCUT2D eigenvalue weighted by Gasteiger charge is 2.18. The first kappa shape index (κ1) is 13.2. The summed E-state index contributed by atoms with van der Waals surface area (Å²) in [5.41, 5.74) is 0. The second-order valence-corrected chi connectivity index (χ2v) is 5.52. The van der Waals surface area contributed by atoms with Gasteiger partial charge >= 0.3 is 0 Å². The SMILES string of the molecule is CN1CCN(C(=O)CSc2ccc(O)cc2)CC1. The first-order valence-electron chi connectivity index (χ1n) is 6.03. The van der Waals surface area contributed by atoms with Gasteiger partial charge in [0, 0.05) is 31.1 Å². The van der Waals surface area contributed by atoms with Gasteiger partial charge in [-0.15, -0.1) is 11.8 Å². The van der Waals surface area contributed by atoms with Crippen LogP contribution in [0.1, 0.15) is 0 Å². The molecular formula is C13H18N2O2S. The van der Waals surface area contributed by atoms with Crippen LogP contribution in [0.3, 0.4) is 0 Å². The molecule has 0 aromatic heterocycles. The molecule has 1 aromatic carbocycles. The summed E-state index contributed by atoms with van der Waals surface area (Å²) < 4.78 is 0. The number of aromatic hydroxyl groups is 1. The Morgan fingerprint density at radius 1 is 1.22 bits per heavy atom. The van der Waals surface area contributed by atoms with Crippen molar-refractivity contribution in [3.8, 4) is 5.75 Å². The Morgan fingerprint density at radius 3 is 2.44 bits per heavy atom. The fourth-order valence-electron chi connectivity index (χ4n) is 1.83. The molecule has 1 aromatic rings. The number of hydrogen-bond acceptors (Lipinski definition) is 4. The first-order chi connectivity index (χ1) is 8.65. The van der Waals surface area contributed by atoms with E-state index in [0.717, 1.165) is 31.1 Å². The van der Waals surface area contributed by atoms with E-state index in [4.69, 9.17) is 0 Å². The summed E-state index contributed by atoms with van der Waals surface area (Å²) >= 11 is 1.52. The van der Waals surface area contributed by atoms with Crippen LogP contribution in [0.5, 0.6) is 5.75 Å². The Balaban J connectivity index is 1.79. The van der Waals surface area contributed by atoms with Crippen molar-refractivity contribution in [2.45, 2.75) is 4.90 Å². The molecule has 98 valence electrons. The van der Waals surface area contributed by atoms with Crippen molar-refractivity contribution in [1.82, 2.24) is 9.80 Å². The predicted molar refractivity (Wildman–Crippen MR) is 72.9 cm³/mol. The van der Waals surface area contributed by atoms with Gasteiger partial charge in [-0.3, -0.25) is 4.79 Å². The van der Waals surface area contributed by atoms with E-state index in [0.29, 0.717) is 5.75 Å². The second-order valence-electron chi connectivity index (χ2n) is 4.47. The van der Waals surface area contributed by atoms with Crippen molar-refractivity contribution in [2.75, 3.05) is 39.0 Å². The van der Waals surface area contributed by atoms with Crippen LogP contribution >= 0.6 is 11.8 Å². The number of rotatable bonds is 3. The van der Waals surface area contributed by atoms with Crippen molar-refractivity contribution in [3.63, 3.8) is 0 Å². The Bertz CT molecular complexity index is 400. The number of phenols is 1. The lowest BCUT2D eigenvalue weighted by molar-refractivity contribution is -0.129. The van der Waals surface area contributed by atoms with E-state index in [1.54, 1.807) is 12.1 Å². The van der Waals surface area contributed by atoms with Gasteiger partial charge in [0.05, 0.1) is 5.75 Å². The zero-order chi connectivity index (χ0) is 13.0. The average Bonchev–Trinajstić information content (AvgIpc) is 2.38. The summed E-state index contributed by atoms with van der Waals surface area (Å²) in [6.45, 7) is 3.56. The van der Waals surface area contributed by atoms with E-state index in [1.807, 2.05) is 17.0 Å². The minimum Gasteiger partial charge on any atom is -0.508 e. The number of hydrogen-bond donors (Lipinski definition) is 1. The van der Waals surface area contributed by atoms with Gasteiger partial charge in [0.15, 0.2) is 0 Å². The van der Waals surface area contributed by atoms with Crippen molar-refractivity contribution < 1.29 is 9.90 Å². The molecule has 1 amide bonds. The number of carbonyl (C=O) groups is 1. The monoisotopic (exact) mass is 266 g/mol. The zero-order valence-electron chi connectivity index (χ0n) is 10.5. The quantitative estimate of drug-likeness (QED) is 0.837. The van der Waals surface area contributed by atoms with E-state index < -0.39 is 0 Å². The lowest BCUT2D eigenvalue weighted by Gasteiger charge is -2.32. The van der Waals surface area contributed by atoms with Crippen LogP contribution in [0.15, 0.2) is 29.2 Å². The summed E-state index contributed by atoms with van der Waals surface area (Å²) in [6, 6.07) is 6.94. The standard InChI is InChI=1S/C13H18N2O2S/c1-14-6-8-15(9-7-14)13(17)10-18-12-4-2-11(16)3-5-12/h2-5,16H,6-10H2,1H3. The highest BCUT2D eigenvalue weighted by Crippen LogP contribution is 2.21. The summed E-state index contributed by atoms with van der Waals surface area (Å²) in [5.74, 6) is 0.917. The molecule has 1 saturated heterocycles. The molecule has 0 radical (unpaired) electrons. The highest BCUT2D eigenvalue weighted by molar-refractivity contribution is 8.00. The molecule has 0 spiro atoms. The summed E-state index contributed by atoms with van der Waals surface area (Å²) in [4.78, 5) is 17.1. The molecule has 0 unspecified atom stereocenters. The molecule has 2 rings (SSSR count). The minimum absolute atomic E-state index is 0.196. The van der Waals surface area contributed by atoms with Gasteiger partial charge in [0.1, 0.15) is 5.75 Å². The lowest BCUT2D eigenvalue weighted by Crippen LogP contribution is -2.47. The topological polar surface area (TPSA) is 43.8 Å². The largest absolute Gasteiger partial charge is 0.508 e. The fourth-order valence-corrected chi connectivity index (χ4v) is 2.64. The smallest absolute Gasteiger partial charge is 0.233 e. The van der Waals surface area contributed by atoms with Crippen molar-refractivity contribution in [2.24, 2.45) is 0 Å². The summed E-state index contributed by atoms with van der Waals surface area (Å²) in [5, 5.41) is 9.17. The molecule has 0 aliphatic carbocycles. The fraction of sp³-hybridized carbons (Fsp3) is 0.462. The number of benzene rings is 1. The number of amides is 1. The molecule has 4 nitrogen and oxygen atoms in total. The highest BCUT2D eigenvalue weighted by atomic mass is 32.2. The molecule has 0 atom stereocenters. The number of phenolic OH excluding ortho intramolecular Hbond substituents is 1. The van der Waals surface area contributed by atoms with Crippen LogP contribution in [0.2, 0.25) is 0 Å². The van der Waals surface area contributed by atoms with E-state index in [2.05, 4.69) is 11.9 Å². The molecule has 1 fully saturated rings. The van der Waals surface area contributed by atoms with Gasteiger partial charge in [-0.25, -0.2) is 0 Å². The van der Waals surface area contributed by atoms with Crippen LogP contribution in [0, 0.1) is 0 Å². The molecule has 1 heterocycles. The summed E-state index contributed by atoms with van der Waals surface area (Å²) in [7, 11) is 2.08. The molecule has 1 aliphatic rings. The maximum absolute atomic E-state index is 12.0. The van der Waals surface area contributed by atoms with Crippen LogP contribution in [0.4, 0.5) is 0 Å². The van der Waals surface area contributed by atoms with Crippen molar-refractivity contribution in [1.29, 1.82) is 0 Å². The van der Waals surface area contributed by atoms with Crippen LogP contribution in [-0.4, -0.2) is 59.8 Å². The van der Waals surface area contributed by atoms with Crippen LogP contribution in [-0.2, 0) is 4.79 Å². The lowest BCUT2D eigenvalue weighted by atomic mass is 10.3. The van der Waals surface area contributed by atoms with Gasteiger partial charge in [0.2, 0.25) is 5.91 Å². The maximum atomic E-state index is 12.0. The number of thioether (sulfide) groups is 1. The third-order valence-electron chi connectivity index (χ3n) is 3.06. The van der Waals surface area contributed by atoms with E-state index in [1.165, 1.54) is 11.8 Å². The molecule has 1 aliphatic heterocycles. The zero-order valence-corrected chi connectivity index (χ0v) is 11.3. The molecule has 1 N–H and O–H groups in total. The van der Waals surface area contributed by atoms with E-state index >= 15 is 0 Å². The van der Waals surface area contributed by atoms with E-state index in [9.17, 15) is 9.90 Å². The third kappa shape index (κ3) is 3.65. The van der Waals surface area contributed by atoms with Crippen LogP contribution in [0.25, 0.3) is 0 Å². The normalized spacial score (nSPS) is 16.8. The van der Waals surface area contributed by atoms with E-state index in [-0.39, 0.29) is 11.7 Å². The predicted octanol–water partition coefficient (Wildman–Crippen LogP) is 1.26. The van der Waals surface area contributed by atoms with Crippen molar-refractivity contribution in [3.05, 3.63) is 24.3 Å². The van der Waals surface area contributed by atoms with Gasteiger partial charge < -0.3 is 14.9 Å². The maximum Gasteiger partial charge on any atom is 0.233 e. The van der Waals surface area contributed by atoms with Gasteiger partial charge in [0.25, 0.3) is 0 Å². The third-order valence-corrected chi connectivity index (χ3v) is 4.05. The Hall–Kier alpha value is -1.20. The number of carbonyl (C=O) groups excluding carboxylic acids is 1. The van der Waals surface area contributed by atoms with Crippen molar-refractivity contribution >= 4 is 17.7 Å². The molecular weight excluding hydrogens is 248 g/mol. The van der Waals surface area contributed by atoms with Gasteiger partial charge in [-0.05, 0) is 31.3 Å². The molecule has 0 saturated carbocycles. The second kappa shape index (κ2) is 6.11. The van der Waals surface area contributed by atoms with Gasteiger partial charge in [-0.1, -0.05) is 0 Å². The Kier molecular flexibility index (Phi) is 4.49. The number of likely N-dealkylation sites (N-methyl/N-ethyl adjacent to an activating group) is 1. The van der Waals surface area contributed by atoms with Gasteiger partial charge in [-0.2, -0.15) is 0 Å². The molecule has 5 heteroatoms. The number of nitrogens with zero attached hydrogens (tertiary/aromatic N) is 2.